The van der Waals surface area contributed by atoms with Gasteiger partial charge in [-0.15, -0.1) is 0 Å². The van der Waals surface area contributed by atoms with Gasteiger partial charge in [-0.3, -0.25) is 4.98 Å². The van der Waals surface area contributed by atoms with Crippen molar-refractivity contribution >= 4 is 11.6 Å². The lowest BCUT2D eigenvalue weighted by Crippen LogP contribution is -2.19. The number of anilines is 2. The summed E-state index contributed by atoms with van der Waals surface area (Å²) in [4.78, 5) is 14.9. The summed E-state index contributed by atoms with van der Waals surface area (Å²) in [6.45, 7) is 2.87. The van der Waals surface area contributed by atoms with E-state index in [0.29, 0.717) is 5.82 Å². The average Bonchev–Trinajstić information content (AvgIpc) is 2.39. The highest BCUT2D eigenvalue weighted by Crippen LogP contribution is 2.15. The molecule has 5 nitrogen and oxygen atoms in total. The summed E-state index contributed by atoms with van der Waals surface area (Å²) in [6, 6.07) is 5.79. The summed E-state index contributed by atoms with van der Waals surface area (Å²) in [7, 11) is 2.00. The zero-order valence-corrected chi connectivity index (χ0v) is 11.4. The maximum Gasteiger partial charge on any atom is 0.134 e. The number of rotatable bonds is 5. The fourth-order valence-electron chi connectivity index (χ4n) is 1.88. The molecule has 0 aliphatic heterocycles. The first-order valence-electron chi connectivity index (χ1n) is 6.42. The topological polar surface area (TPSA) is 67.9 Å². The van der Waals surface area contributed by atoms with E-state index in [1.165, 1.54) is 5.56 Å². The van der Waals surface area contributed by atoms with E-state index < -0.39 is 0 Å². The summed E-state index contributed by atoms with van der Waals surface area (Å²) in [6.07, 6.45) is 5.44. The van der Waals surface area contributed by atoms with Gasteiger partial charge in [0.05, 0.1) is 0 Å². The van der Waals surface area contributed by atoms with Crippen molar-refractivity contribution in [1.82, 2.24) is 15.0 Å². The zero-order valence-electron chi connectivity index (χ0n) is 11.4. The lowest BCUT2D eigenvalue weighted by atomic mass is 10.2. The van der Waals surface area contributed by atoms with E-state index in [2.05, 4.69) is 26.8 Å². The molecule has 2 aromatic rings. The highest BCUT2D eigenvalue weighted by molar-refractivity contribution is 5.46. The van der Waals surface area contributed by atoms with Crippen LogP contribution in [0.3, 0.4) is 0 Å². The molecule has 0 aromatic carbocycles. The van der Waals surface area contributed by atoms with Crippen LogP contribution in [-0.4, -0.2) is 22.0 Å². The Bertz CT molecular complexity index is 527. The van der Waals surface area contributed by atoms with Gasteiger partial charge in [0.15, 0.2) is 0 Å². The predicted octanol–water partition coefficient (Wildman–Crippen LogP) is 2.04. The molecule has 19 heavy (non-hydrogen) atoms. The number of hydrogen-bond acceptors (Lipinski definition) is 5. The van der Waals surface area contributed by atoms with E-state index in [1.54, 1.807) is 18.5 Å². The molecule has 100 valence electrons. The van der Waals surface area contributed by atoms with Gasteiger partial charge < -0.3 is 10.6 Å². The second-order valence-corrected chi connectivity index (χ2v) is 4.53. The molecule has 0 aliphatic carbocycles. The fourth-order valence-corrected chi connectivity index (χ4v) is 1.88. The Kier molecular flexibility index (Phi) is 4.28. The lowest BCUT2D eigenvalue weighted by molar-refractivity contribution is 0.814. The highest BCUT2D eigenvalue weighted by Gasteiger charge is 2.07. The molecule has 0 saturated heterocycles. The molecule has 2 rings (SSSR count). The predicted molar refractivity (Wildman–Crippen MR) is 76.8 cm³/mol. The third-order valence-electron chi connectivity index (χ3n) is 2.81. The first-order valence-corrected chi connectivity index (χ1v) is 6.42. The van der Waals surface area contributed by atoms with Crippen LogP contribution >= 0.6 is 0 Å². The first kappa shape index (κ1) is 13.3. The molecule has 2 aromatic heterocycles. The van der Waals surface area contributed by atoms with Gasteiger partial charge in [0.25, 0.3) is 0 Å². The second kappa shape index (κ2) is 6.13. The van der Waals surface area contributed by atoms with Gasteiger partial charge >= 0.3 is 0 Å². The largest absolute Gasteiger partial charge is 0.384 e. The molecule has 0 bridgehead atoms. The molecule has 0 fully saturated rings. The van der Waals surface area contributed by atoms with Crippen LogP contribution in [0.4, 0.5) is 11.6 Å². The summed E-state index contributed by atoms with van der Waals surface area (Å²) in [5, 5.41) is 0. The van der Waals surface area contributed by atoms with E-state index in [0.717, 1.165) is 31.0 Å². The number of aryl methyl sites for hydroxylation is 1. The summed E-state index contributed by atoms with van der Waals surface area (Å²) >= 11 is 0. The number of aromatic nitrogens is 3. The van der Waals surface area contributed by atoms with Crippen LogP contribution in [-0.2, 0) is 13.0 Å². The van der Waals surface area contributed by atoms with Gasteiger partial charge in [-0.1, -0.05) is 6.92 Å². The van der Waals surface area contributed by atoms with Gasteiger partial charge in [0.2, 0.25) is 0 Å². The Morgan fingerprint density at radius 1 is 1.21 bits per heavy atom. The zero-order chi connectivity index (χ0) is 13.7. The molecule has 0 radical (unpaired) electrons. The van der Waals surface area contributed by atoms with Crippen LogP contribution in [0.2, 0.25) is 0 Å². The Hall–Kier alpha value is -2.17. The van der Waals surface area contributed by atoms with Gasteiger partial charge in [-0.25, -0.2) is 9.97 Å². The fraction of sp³-hybridized carbons (Fsp3) is 0.357. The maximum absolute atomic E-state index is 5.83. The summed E-state index contributed by atoms with van der Waals surface area (Å²) in [5.41, 5.74) is 7.02. The number of nitrogens with zero attached hydrogens (tertiary/aromatic N) is 4. The molecule has 5 heteroatoms. The summed E-state index contributed by atoms with van der Waals surface area (Å²) in [5.74, 6) is 2.18. The Labute approximate surface area is 113 Å². The molecule has 0 amide bonds. The first-order chi connectivity index (χ1) is 9.19. The SMILES string of the molecule is CCCc1nc(N)cc(N(C)Cc2ccncc2)n1. The minimum absolute atomic E-state index is 0.523. The van der Waals surface area contributed by atoms with Crippen molar-refractivity contribution in [3.05, 3.63) is 42.0 Å². The Morgan fingerprint density at radius 2 is 1.95 bits per heavy atom. The normalized spacial score (nSPS) is 10.4. The molecular weight excluding hydrogens is 238 g/mol. The van der Waals surface area contributed by atoms with Crippen molar-refractivity contribution in [2.75, 3.05) is 17.7 Å². The smallest absolute Gasteiger partial charge is 0.134 e. The molecule has 0 atom stereocenters. The van der Waals surface area contributed by atoms with Crippen molar-refractivity contribution in [3.63, 3.8) is 0 Å². The van der Waals surface area contributed by atoms with Crippen LogP contribution in [0, 0.1) is 0 Å². The van der Waals surface area contributed by atoms with Gasteiger partial charge in [0.1, 0.15) is 17.5 Å². The average molecular weight is 257 g/mol. The molecule has 0 saturated carbocycles. The third-order valence-corrected chi connectivity index (χ3v) is 2.81. The van der Waals surface area contributed by atoms with Crippen molar-refractivity contribution in [2.45, 2.75) is 26.3 Å². The lowest BCUT2D eigenvalue weighted by Gasteiger charge is -2.19. The minimum atomic E-state index is 0.523. The van der Waals surface area contributed by atoms with Crippen LogP contribution in [0.25, 0.3) is 0 Å². The molecule has 2 heterocycles. The maximum atomic E-state index is 5.83. The molecule has 0 spiro atoms. The van der Waals surface area contributed by atoms with Gasteiger partial charge in [-0.2, -0.15) is 0 Å². The van der Waals surface area contributed by atoms with E-state index >= 15 is 0 Å². The third kappa shape index (κ3) is 3.64. The standard InChI is InChI=1S/C14H19N5/c1-3-4-13-17-12(15)9-14(18-13)19(2)10-11-5-7-16-8-6-11/h5-9H,3-4,10H2,1-2H3,(H2,15,17,18). The van der Waals surface area contributed by atoms with Crippen LogP contribution in [0.1, 0.15) is 24.7 Å². The molecule has 0 unspecified atom stereocenters. The Balaban J connectivity index is 2.16. The van der Waals surface area contributed by atoms with Gasteiger partial charge in [-0.05, 0) is 24.1 Å². The minimum Gasteiger partial charge on any atom is -0.384 e. The van der Waals surface area contributed by atoms with Crippen molar-refractivity contribution < 1.29 is 0 Å². The quantitative estimate of drug-likeness (QED) is 0.887. The van der Waals surface area contributed by atoms with E-state index in [1.807, 2.05) is 19.2 Å². The van der Waals surface area contributed by atoms with Crippen LogP contribution in [0.5, 0.6) is 0 Å². The molecule has 2 N–H and O–H groups in total. The van der Waals surface area contributed by atoms with Crippen molar-refractivity contribution in [2.24, 2.45) is 0 Å². The molecular formula is C14H19N5. The number of nitrogens with two attached hydrogens (primary N) is 1. The summed E-state index contributed by atoms with van der Waals surface area (Å²) < 4.78 is 0. The number of nitrogen functional groups attached to an aromatic ring is 1. The van der Waals surface area contributed by atoms with Crippen LogP contribution < -0.4 is 10.6 Å². The van der Waals surface area contributed by atoms with E-state index in [-0.39, 0.29) is 0 Å². The highest BCUT2D eigenvalue weighted by atomic mass is 15.2. The number of hydrogen-bond donors (Lipinski definition) is 1. The second-order valence-electron chi connectivity index (χ2n) is 4.53. The van der Waals surface area contributed by atoms with E-state index in [9.17, 15) is 0 Å². The van der Waals surface area contributed by atoms with Crippen molar-refractivity contribution in [3.8, 4) is 0 Å². The molecule has 0 aliphatic rings. The Morgan fingerprint density at radius 3 is 2.63 bits per heavy atom. The monoisotopic (exact) mass is 257 g/mol. The van der Waals surface area contributed by atoms with Gasteiger partial charge in [0, 0.05) is 38.5 Å². The van der Waals surface area contributed by atoms with E-state index in [4.69, 9.17) is 5.73 Å². The number of pyridine rings is 1. The van der Waals surface area contributed by atoms with Crippen molar-refractivity contribution in [1.29, 1.82) is 0 Å². The van der Waals surface area contributed by atoms with Crippen LogP contribution in [0.15, 0.2) is 30.6 Å².